The molecule has 24 heavy (non-hydrogen) atoms. The fourth-order valence-electron chi connectivity index (χ4n) is 5.06. The normalized spacial score (nSPS) is 23.4. The average Bonchev–Trinajstić information content (AvgIpc) is 3.00. The van der Waals surface area contributed by atoms with E-state index in [4.69, 9.17) is 0 Å². The number of carbonyl (C=O) groups excluding carboxylic acids is 1. The van der Waals surface area contributed by atoms with Crippen LogP contribution in [0.15, 0.2) is 24.3 Å². The zero-order valence-corrected chi connectivity index (χ0v) is 14.8. The molecule has 1 spiro atoms. The molecule has 0 atom stereocenters. The van der Waals surface area contributed by atoms with Crippen LogP contribution in [-0.4, -0.2) is 48.4 Å². The number of piperidine rings is 2. The molecule has 0 saturated carbocycles. The summed E-state index contributed by atoms with van der Waals surface area (Å²) in [5.74, 6) is 0.377. The number of carbonyl (C=O) groups is 1. The second kappa shape index (κ2) is 6.87. The fraction of sp³-hybridized carbons (Fsp3) is 0.667. The molecule has 2 fully saturated rings. The third-order valence-electron chi connectivity index (χ3n) is 6.63. The highest BCUT2D eigenvalue weighted by Gasteiger charge is 2.41. The Morgan fingerprint density at radius 3 is 2.50 bits per heavy atom. The minimum absolute atomic E-state index is 0.361. The van der Waals surface area contributed by atoms with Crippen LogP contribution in [-0.2, 0) is 16.6 Å². The van der Waals surface area contributed by atoms with E-state index in [0.717, 1.165) is 32.5 Å². The van der Waals surface area contributed by atoms with Gasteiger partial charge in [-0.15, -0.1) is 0 Å². The Balaban J connectivity index is 1.31. The van der Waals surface area contributed by atoms with E-state index in [9.17, 15) is 4.79 Å². The van der Waals surface area contributed by atoms with Crippen LogP contribution in [0.3, 0.4) is 0 Å². The fourth-order valence-corrected chi connectivity index (χ4v) is 5.06. The van der Waals surface area contributed by atoms with Crippen LogP contribution < -0.4 is 0 Å². The van der Waals surface area contributed by atoms with E-state index in [0.29, 0.717) is 17.7 Å². The van der Waals surface area contributed by atoms with Crippen LogP contribution in [0.1, 0.15) is 56.1 Å². The third-order valence-corrected chi connectivity index (χ3v) is 6.63. The summed E-state index contributed by atoms with van der Waals surface area (Å²) in [4.78, 5) is 17.2. The van der Waals surface area contributed by atoms with Crippen molar-refractivity contribution in [2.24, 2.45) is 0 Å². The van der Waals surface area contributed by atoms with E-state index in [2.05, 4.69) is 34.1 Å². The van der Waals surface area contributed by atoms with E-state index in [-0.39, 0.29) is 0 Å². The van der Waals surface area contributed by atoms with Gasteiger partial charge in [0, 0.05) is 26.1 Å². The van der Waals surface area contributed by atoms with Gasteiger partial charge in [0.2, 0.25) is 5.91 Å². The topological polar surface area (TPSA) is 23.6 Å². The first-order chi connectivity index (χ1) is 11.8. The second-order valence-corrected chi connectivity index (χ2v) is 7.97. The Bertz CT molecular complexity index is 583. The molecule has 3 heteroatoms. The molecule has 0 N–H and O–H groups in total. The molecule has 2 saturated heterocycles. The maximum absolute atomic E-state index is 12.6. The van der Waals surface area contributed by atoms with Gasteiger partial charge in [0.1, 0.15) is 0 Å². The molecule has 0 aromatic heterocycles. The van der Waals surface area contributed by atoms with Crippen LogP contribution in [0.25, 0.3) is 0 Å². The number of fused-ring (bicyclic) bond motifs is 2. The molecule has 0 bridgehead atoms. The summed E-state index contributed by atoms with van der Waals surface area (Å²) < 4.78 is 0. The highest BCUT2D eigenvalue weighted by Crippen LogP contribution is 2.46. The van der Waals surface area contributed by atoms with Gasteiger partial charge < -0.3 is 9.80 Å². The lowest BCUT2D eigenvalue weighted by Gasteiger charge is -2.40. The van der Waals surface area contributed by atoms with E-state index < -0.39 is 0 Å². The van der Waals surface area contributed by atoms with Crippen molar-refractivity contribution in [2.45, 2.75) is 56.8 Å². The zero-order valence-electron chi connectivity index (χ0n) is 14.8. The summed E-state index contributed by atoms with van der Waals surface area (Å²) in [6.07, 6.45) is 9.49. The van der Waals surface area contributed by atoms with E-state index in [1.165, 1.54) is 45.2 Å². The first kappa shape index (κ1) is 16.1. The summed E-state index contributed by atoms with van der Waals surface area (Å²) in [6.45, 7) is 5.24. The molecule has 4 rings (SSSR count). The molecule has 2 heterocycles. The van der Waals surface area contributed by atoms with Gasteiger partial charge in [-0.2, -0.15) is 0 Å². The Morgan fingerprint density at radius 2 is 1.71 bits per heavy atom. The Labute approximate surface area is 146 Å². The zero-order chi connectivity index (χ0) is 16.4. The standard InChI is InChI=1S/C21H30N2O/c24-20(9-15-22-13-4-1-5-14-22)23-16-11-21(12-17-23)10-8-18-6-2-3-7-19(18)21/h2-3,6-7H,1,4-5,8-17H2. The molecular formula is C21H30N2O. The molecule has 1 aromatic rings. The number of likely N-dealkylation sites (tertiary alicyclic amines) is 2. The van der Waals surface area contributed by atoms with Crippen LogP contribution in [0.2, 0.25) is 0 Å². The number of hydrogen-bond acceptors (Lipinski definition) is 2. The van der Waals surface area contributed by atoms with Crippen LogP contribution in [0.4, 0.5) is 0 Å². The van der Waals surface area contributed by atoms with Gasteiger partial charge in [-0.05, 0) is 68.2 Å². The Hall–Kier alpha value is -1.35. The van der Waals surface area contributed by atoms with Gasteiger partial charge in [0.25, 0.3) is 0 Å². The molecule has 3 nitrogen and oxygen atoms in total. The van der Waals surface area contributed by atoms with Crippen molar-refractivity contribution in [1.82, 2.24) is 9.80 Å². The SMILES string of the molecule is O=C(CCN1CCCCC1)N1CCC2(CCc3ccccc32)CC1. The minimum atomic E-state index is 0.361. The molecule has 1 amide bonds. The highest BCUT2D eigenvalue weighted by atomic mass is 16.2. The van der Waals surface area contributed by atoms with Crippen molar-refractivity contribution in [3.63, 3.8) is 0 Å². The molecule has 2 aliphatic heterocycles. The van der Waals surface area contributed by atoms with Gasteiger partial charge in [0.15, 0.2) is 0 Å². The monoisotopic (exact) mass is 326 g/mol. The lowest BCUT2D eigenvalue weighted by molar-refractivity contribution is -0.133. The summed E-state index contributed by atoms with van der Waals surface area (Å²) in [5.41, 5.74) is 3.48. The molecule has 1 aliphatic carbocycles. The molecule has 0 radical (unpaired) electrons. The molecule has 1 aromatic carbocycles. The van der Waals surface area contributed by atoms with E-state index in [1.807, 2.05) is 0 Å². The highest BCUT2D eigenvalue weighted by molar-refractivity contribution is 5.76. The number of amides is 1. The maximum atomic E-state index is 12.6. The quantitative estimate of drug-likeness (QED) is 0.850. The number of benzene rings is 1. The lowest BCUT2D eigenvalue weighted by atomic mass is 9.74. The summed E-state index contributed by atoms with van der Waals surface area (Å²) in [6, 6.07) is 8.97. The van der Waals surface area contributed by atoms with Gasteiger partial charge in [-0.3, -0.25) is 4.79 Å². The van der Waals surface area contributed by atoms with Gasteiger partial charge in [0.05, 0.1) is 0 Å². The van der Waals surface area contributed by atoms with Crippen molar-refractivity contribution in [3.8, 4) is 0 Å². The van der Waals surface area contributed by atoms with Crippen molar-refractivity contribution in [2.75, 3.05) is 32.7 Å². The Morgan fingerprint density at radius 1 is 0.958 bits per heavy atom. The van der Waals surface area contributed by atoms with Crippen molar-refractivity contribution in [1.29, 1.82) is 0 Å². The smallest absolute Gasteiger partial charge is 0.223 e. The van der Waals surface area contributed by atoms with Crippen molar-refractivity contribution in [3.05, 3.63) is 35.4 Å². The van der Waals surface area contributed by atoms with Crippen molar-refractivity contribution < 1.29 is 4.79 Å². The van der Waals surface area contributed by atoms with Gasteiger partial charge in [-0.1, -0.05) is 30.7 Å². The lowest BCUT2D eigenvalue weighted by Crippen LogP contribution is -2.45. The molecular weight excluding hydrogens is 296 g/mol. The van der Waals surface area contributed by atoms with Crippen LogP contribution >= 0.6 is 0 Å². The average molecular weight is 326 g/mol. The Kier molecular flexibility index (Phi) is 4.62. The molecule has 3 aliphatic rings. The summed E-state index contributed by atoms with van der Waals surface area (Å²) >= 11 is 0. The summed E-state index contributed by atoms with van der Waals surface area (Å²) in [5, 5.41) is 0. The van der Waals surface area contributed by atoms with Crippen LogP contribution in [0, 0.1) is 0 Å². The van der Waals surface area contributed by atoms with Crippen LogP contribution in [0.5, 0.6) is 0 Å². The predicted octanol–water partition coefficient (Wildman–Crippen LogP) is 3.37. The number of aryl methyl sites for hydroxylation is 1. The molecule has 0 unspecified atom stereocenters. The molecule has 130 valence electrons. The first-order valence-corrected chi connectivity index (χ1v) is 9.85. The predicted molar refractivity (Wildman–Crippen MR) is 97.2 cm³/mol. The second-order valence-electron chi connectivity index (χ2n) is 7.97. The van der Waals surface area contributed by atoms with E-state index in [1.54, 1.807) is 11.1 Å². The maximum Gasteiger partial charge on any atom is 0.223 e. The number of rotatable bonds is 3. The number of hydrogen-bond donors (Lipinski definition) is 0. The number of nitrogens with zero attached hydrogens (tertiary/aromatic N) is 2. The minimum Gasteiger partial charge on any atom is -0.343 e. The third kappa shape index (κ3) is 3.11. The van der Waals surface area contributed by atoms with E-state index >= 15 is 0 Å². The first-order valence-electron chi connectivity index (χ1n) is 9.85. The largest absolute Gasteiger partial charge is 0.343 e. The summed E-state index contributed by atoms with van der Waals surface area (Å²) in [7, 11) is 0. The van der Waals surface area contributed by atoms with Gasteiger partial charge in [-0.25, -0.2) is 0 Å². The van der Waals surface area contributed by atoms with Crippen molar-refractivity contribution >= 4 is 5.91 Å². The van der Waals surface area contributed by atoms with Gasteiger partial charge >= 0.3 is 0 Å².